The Balaban J connectivity index is 0.905. The Morgan fingerprint density at radius 3 is 2.35 bits per heavy atom. The van der Waals surface area contributed by atoms with E-state index in [9.17, 15) is 48.3 Å². The van der Waals surface area contributed by atoms with Gasteiger partial charge in [-0.3, -0.25) is 33.6 Å². The average Bonchev–Trinajstić information content (AvgIpc) is 3.73. The van der Waals surface area contributed by atoms with Crippen molar-refractivity contribution in [1.29, 1.82) is 0 Å². The van der Waals surface area contributed by atoms with E-state index in [1.165, 1.54) is 6.07 Å². The van der Waals surface area contributed by atoms with E-state index in [-0.39, 0.29) is 81.3 Å². The summed E-state index contributed by atoms with van der Waals surface area (Å²) in [5, 5.41) is 30.7. The van der Waals surface area contributed by atoms with Crippen LogP contribution in [0.15, 0.2) is 52.8 Å². The molecule has 20 heteroatoms. The highest BCUT2D eigenvalue weighted by atomic mass is 19.1. The molecule has 6 amide bonds. The molecule has 1 aliphatic carbocycles. The van der Waals surface area contributed by atoms with Crippen molar-refractivity contribution in [2.24, 2.45) is 0 Å². The second kappa shape index (κ2) is 23.1. The van der Waals surface area contributed by atoms with Gasteiger partial charge in [-0.05, 0) is 85.4 Å². The zero-order chi connectivity index (χ0) is 50.8. The SMILES string of the molecule is CC[C@@]1(O)C(=O)OCc2c1cc1n(c2=O)CC2=C3c4c(cc(F)c(C)c4CC[C@@H]3NC(=O)CCCNC(=O)CNC(=O)C(Cc3ccccc3)NC(=O)CNC(=O)CNC(=O)CCCCCCC=O)NC21. The number of ether oxygens (including phenoxy) is 1. The number of hydrogen-bond acceptors (Lipinski definition) is 12. The number of benzene rings is 2. The van der Waals surface area contributed by atoms with Crippen molar-refractivity contribution in [2.45, 2.75) is 128 Å². The summed E-state index contributed by atoms with van der Waals surface area (Å²) in [6.07, 6.45) is 5.85. The van der Waals surface area contributed by atoms with Gasteiger partial charge in [0.25, 0.3) is 5.56 Å². The first-order valence-electron chi connectivity index (χ1n) is 24.3. The summed E-state index contributed by atoms with van der Waals surface area (Å²) in [4.78, 5) is 114. The fourth-order valence-electron chi connectivity index (χ4n) is 9.77. The summed E-state index contributed by atoms with van der Waals surface area (Å²) < 4.78 is 22.2. The van der Waals surface area contributed by atoms with E-state index in [0.717, 1.165) is 53.4 Å². The van der Waals surface area contributed by atoms with Crippen LogP contribution in [0.4, 0.5) is 10.1 Å². The molecule has 0 spiro atoms. The Labute approximate surface area is 409 Å². The molecular formula is C51H61FN8O11. The van der Waals surface area contributed by atoms with Crippen LogP contribution in [0.3, 0.4) is 0 Å². The maximum Gasteiger partial charge on any atom is 0.343 e. The van der Waals surface area contributed by atoms with Crippen LogP contribution in [0.5, 0.6) is 0 Å². The second-order valence-electron chi connectivity index (χ2n) is 18.4. The summed E-state index contributed by atoms with van der Waals surface area (Å²) in [6.45, 7) is 2.10. The number of halogens is 1. The van der Waals surface area contributed by atoms with Gasteiger partial charge in [-0.25, -0.2) is 9.18 Å². The summed E-state index contributed by atoms with van der Waals surface area (Å²) in [7, 11) is 0. The van der Waals surface area contributed by atoms with Crippen LogP contribution in [0.1, 0.15) is 116 Å². The van der Waals surface area contributed by atoms with E-state index in [1.54, 1.807) is 54.8 Å². The number of anilines is 1. The van der Waals surface area contributed by atoms with E-state index in [1.807, 2.05) is 0 Å². The van der Waals surface area contributed by atoms with E-state index in [4.69, 9.17) is 4.74 Å². The summed E-state index contributed by atoms with van der Waals surface area (Å²) >= 11 is 0. The number of aldehydes is 1. The van der Waals surface area contributed by atoms with Crippen molar-refractivity contribution >= 4 is 59.0 Å². The lowest BCUT2D eigenvalue weighted by Gasteiger charge is -2.38. The first-order chi connectivity index (χ1) is 34.1. The molecule has 2 aromatic carbocycles. The smallest absolute Gasteiger partial charge is 0.343 e. The molecule has 0 saturated heterocycles. The van der Waals surface area contributed by atoms with Crippen molar-refractivity contribution in [3.8, 4) is 0 Å². The highest BCUT2D eigenvalue weighted by molar-refractivity contribution is 5.94. The Morgan fingerprint density at radius 2 is 1.59 bits per heavy atom. The van der Waals surface area contributed by atoms with Gasteiger partial charge in [-0.15, -0.1) is 0 Å². The number of esters is 1. The molecule has 4 heterocycles. The van der Waals surface area contributed by atoms with Gasteiger partial charge in [0.2, 0.25) is 35.4 Å². The summed E-state index contributed by atoms with van der Waals surface area (Å²) in [6, 6.07) is 9.74. The lowest BCUT2D eigenvalue weighted by atomic mass is 9.75. The maximum atomic E-state index is 15.4. The number of cyclic esters (lactones) is 1. The first-order valence-corrected chi connectivity index (χ1v) is 24.3. The predicted molar refractivity (Wildman–Crippen MR) is 256 cm³/mol. The number of aromatic nitrogens is 1. The van der Waals surface area contributed by atoms with Gasteiger partial charge in [0, 0.05) is 54.7 Å². The number of amides is 6. The molecule has 0 radical (unpaired) electrons. The minimum Gasteiger partial charge on any atom is -0.458 e. The average molecular weight is 981 g/mol. The highest BCUT2D eigenvalue weighted by Crippen LogP contribution is 2.51. The van der Waals surface area contributed by atoms with Gasteiger partial charge in [0.1, 0.15) is 24.8 Å². The number of nitrogens with one attached hydrogen (secondary N) is 7. The molecular weight excluding hydrogens is 920 g/mol. The maximum absolute atomic E-state index is 15.4. The van der Waals surface area contributed by atoms with Crippen LogP contribution in [-0.4, -0.2) is 95.6 Å². The first kappa shape index (κ1) is 51.6. The molecule has 0 fully saturated rings. The van der Waals surface area contributed by atoms with Crippen molar-refractivity contribution in [1.82, 2.24) is 36.5 Å². The van der Waals surface area contributed by atoms with E-state index >= 15 is 4.39 Å². The van der Waals surface area contributed by atoms with Crippen LogP contribution in [0.2, 0.25) is 0 Å². The molecule has 2 unspecified atom stereocenters. The lowest BCUT2D eigenvalue weighted by molar-refractivity contribution is -0.172. The Kier molecular flexibility index (Phi) is 16.8. The number of carbonyl (C=O) groups is 8. The third-order valence-corrected chi connectivity index (χ3v) is 13.6. The Hall–Kier alpha value is -7.22. The molecule has 1 aromatic heterocycles. The minimum absolute atomic E-state index is 0.0137. The van der Waals surface area contributed by atoms with Crippen molar-refractivity contribution < 1.29 is 52.6 Å². The zero-order valence-electron chi connectivity index (χ0n) is 39.9. The number of nitrogens with zero attached hydrogens (tertiary/aromatic N) is 1. The molecule has 0 saturated carbocycles. The Bertz CT molecular complexity index is 2690. The normalized spacial score (nSPS) is 18.5. The quantitative estimate of drug-likeness (QED) is 0.0384. The zero-order valence-corrected chi connectivity index (χ0v) is 39.9. The molecule has 19 nitrogen and oxygen atoms in total. The molecule has 71 heavy (non-hydrogen) atoms. The molecule has 4 aliphatic rings. The Morgan fingerprint density at radius 1 is 0.887 bits per heavy atom. The van der Waals surface area contributed by atoms with Gasteiger partial charge in [0.15, 0.2) is 5.60 Å². The third-order valence-electron chi connectivity index (χ3n) is 13.6. The fraction of sp³-hybridized carbons (Fsp3) is 0.471. The number of aliphatic hydroxyl groups is 1. The largest absolute Gasteiger partial charge is 0.458 e. The second-order valence-corrected chi connectivity index (χ2v) is 18.4. The number of carbonyl (C=O) groups excluding carboxylic acids is 8. The summed E-state index contributed by atoms with van der Waals surface area (Å²) in [5.74, 6) is -4.29. The van der Waals surface area contributed by atoms with Crippen molar-refractivity contribution in [3.05, 3.63) is 103 Å². The number of hydrogen-bond donors (Lipinski definition) is 8. The monoisotopic (exact) mass is 980 g/mol. The lowest BCUT2D eigenvalue weighted by Crippen LogP contribution is -2.52. The molecule has 4 atom stereocenters. The predicted octanol–water partition coefficient (Wildman–Crippen LogP) is 1.83. The van der Waals surface area contributed by atoms with E-state index in [2.05, 4.69) is 37.2 Å². The molecule has 3 aromatic rings. The molecule has 7 rings (SSSR count). The number of pyridine rings is 1. The minimum atomic E-state index is -2.01. The number of unbranched alkanes of at least 4 members (excludes halogenated alkanes) is 4. The van der Waals surface area contributed by atoms with Crippen LogP contribution in [0.25, 0.3) is 5.57 Å². The fourth-order valence-corrected chi connectivity index (χ4v) is 9.77. The van der Waals surface area contributed by atoms with Crippen LogP contribution >= 0.6 is 0 Å². The number of rotatable bonds is 23. The highest BCUT2D eigenvalue weighted by Gasteiger charge is 2.48. The van der Waals surface area contributed by atoms with Crippen LogP contribution in [0, 0.1) is 12.7 Å². The molecule has 0 bridgehead atoms. The molecule has 3 aliphatic heterocycles. The van der Waals surface area contributed by atoms with Crippen molar-refractivity contribution in [3.63, 3.8) is 0 Å². The molecule has 8 N–H and O–H groups in total. The third kappa shape index (κ3) is 11.9. The van der Waals surface area contributed by atoms with Crippen LogP contribution < -0.4 is 42.8 Å². The number of fused-ring (bicyclic) bond motifs is 4. The molecule has 378 valence electrons. The van der Waals surface area contributed by atoms with Gasteiger partial charge >= 0.3 is 5.97 Å². The van der Waals surface area contributed by atoms with Crippen LogP contribution in [-0.2, 0) is 74.7 Å². The van der Waals surface area contributed by atoms with Gasteiger partial charge < -0.3 is 56.4 Å². The van der Waals surface area contributed by atoms with E-state index in [0.29, 0.717) is 42.6 Å². The van der Waals surface area contributed by atoms with Gasteiger partial charge in [-0.1, -0.05) is 50.1 Å². The standard InChI is InChI=1S/C51H61FN8O11/c1-3-51(70)34-22-39-47-32(27-60(39)49(68)33(34)28-71-50(51)69)46-36(18-17-31-29(2)35(52)23-37(59-47)45(31)46)57-41(63)16-12-19-53-42(64)25-56-48(67)38(21-30-13-8-7-9-14-30)58-44(66)26-55-43(65)24-54-40(62)15-10-5-4-6-11-20-61/h7-9,13-14,20,22-23,36,38,47,59,70H,3-6,10-12,15-19,21,24-28H2,1-2H3,(H,53,64)(H,54,62)(H,55,65)(H,56,67)(H,57,63)(H,58,66)/t36-,38?,47?,51-/m0/s1. The van der Waals surface area contributed by atoms with Gasteiger partial charge in [-0.2, -0.15) is 0 Å². The van der Waals surface area contributed by atoms with E-state index < -0.39 is 77.8 Å². The summed E-state index contributed by atoms with van der Waals surface area (Å²) in [5.41, 5.74) is 3.36. The van der Waals surface area contributed by atoms with Gasteiger partial charge in [0.05, 0.1) is 43.8 Å². The topological polar surface area (TPSA) is 272 Å². The van der Waals surface area contributed by atoms with Crippen molar-refractivity contribution in [2.75, 3.05) is 31.5 Å².